The Kier molecular flexibility index (Phi) is 5.68. The highest BCUT2D eigenvalue weighted by molar-refractivity contribution is 7.99. The van der Waals surface area contributed by atoms with Gasteiger partial charge in [0.15, 0.2) is 5.16 Å². The molecule has 2 aromatic carbocycles. The summed E-state index contributed by atoms with van der Waals surface area (Å²) in [5.74, 6) is -0.178. The van der Waals surface area contributed by atoms with Crippen molar-refractivity contribution in [1.82, 2.24) is 9.55 Å². The molecule has 7 heteroatoms. The Morgan fingerprint density at radius 3 is 2.56 bits per heavy atom. The monoisotopic (exact) mass is 391 g/mol. The number of nitrogens with zero attached hydrogens (tertiary/aromatic N) is 2. The van der Waals surface area contributed by atoms with Gasteiger partial charge in [-0.25, -0.2) is 4.98 Å². The van der Waals surface area contributed by atoms with Crippen molar-refractivity contribution in [3.05, 3.63) is 70.5 Å². The summed E-state index contributed by atoms with van der Waals surface area (Å²) in [6.07, 6.45) is 3.73. The third-order valence-electron chi connectivity index (χ3n) is 3.54. The molecule has 0 spiro atoms. The zero-order valence-corrected chi connectivity index (χ0v) is 15.7. The molecule has 1 heterocycles. The minimum Gasteiger partial charge on any atom is -0.329 e. The average molecular weight is 392 g/mol. The SMILES string of the molecule is Cn1ccnc1Sc1ccccc1NC(=O)Cc1c(Cl)cccc1Cl. The number of hydrogen-bond acceptors (Lipinski definition) is 3. The molecule has 0 aliphatic rings. The number of amides is 1. The number of aryl methyl sites for hydroxylation is 1. The molecule has 128 valence electrons. The fourth-order valence-corrected chi connectivity index (χ4v) is 3.69. The van der Waals surface area contributed by atoms with Crippen LogP contribution in [0.15, 0.2) is 64.9 Å². The Morgan fingerprint density at radius 2 is 1.88 bits per heavy atom. The molecule has 4 nitrogen and oxygen atoms in total. The summed E-state index contributed by atoms with van der Waals surface area (Å²) < 4.78 is 1.92. The number of aromatic nitrogens is 2. The highest BCUT2D eigenvalue weighted by Gasteiger charge is 2.13. The van der Waals surface area contributed by atoms with Gasteiger partial charge in [-0.2, -0.15) is 0 Å². The van der Waals surface area contributed by atoms with Crippen LogP contribution in [0.5, 0.6) is 0 Å². The summed E-state index contributed by atoms with van der Waals surface area (Å²) in [4.78, 5) is 17.7. The average Bonchev–Trinajstić information content (AvgIpc) is 2.98. The predicted octanol–water partition coefficient (Wildman–Crippen LogP) is 5.06. The van der Waals surface area contributed by atoms with E-state index in [1.165, 1.54) is 11.8 Å². The van der Waals surface area contributed by atoms with Crippen LogP contribution in [-0.4, -0.2) is 15.5 Å². The number of halogens is 2. The van der Waals surface area contributed by atoms with E-state index in [0.29, 0.717) is 15.6 Å². The minimum absolute atomic E-state index is 0.111. The first kappa shape index (κ1) is 17.9. The third kappa shape index (κ3) is 4.37. The van der Waals surface area contributed by atoms with Crippen LogP contribution in [0.2, 0.25) is 10.0 Å². The van der Waals surface area contributed by atoms with Gasteiger partial charge in [0, 0.05) is 34.4 Å². The first-order valence-corrected chi connectivity index (χ1v) is 9.09. The number of para-hydroxylation sites is 1. The molecular weight excluding hydrogens is 377 g/mol. The third-order valence-corrected chi connectivity index (χ3v) is 5.40. The molecule has 0 radical (unpaired) electrons. The maximum absolute atomic E-state index is 12.4. The highest BCUT2D eigenvalue weighted by atomic mass is 35.5. The molecule has 0 unspecified atom stereocenters. The number of anilines is 1. The van der Waals surface area contributed by atoms with E-state index >= 15 is 0 Å². The van der Waals surface area contributed by atoms with E-state index in [0.717, 1.165) is 15.7 Å². The number of benzene rings is 2. The lowest BCUT2D eigenvalue weighted by Gasteiger charge is -2.11. The maximum atomic E-state index is 12.4. The molecule has 1 amide bonds. The molecular formula is C18H15Cl2N3OS. The molecule has 0 fully saturated rings. The van der Waals surface area contributed by atoms with Gasteiger partial charge < -0.3 is 9.88 Å². The van der Waals surface area contributed by atoms with E-state index in [2.05, 4.69) is 10.3 Å². The molecule has 0 saturated heterocycles. The summed E-state index contributed by atoms with van der Waals surface area (Å²) in [5.41, 5.74) is 1.35. The molecule has 0 bridgehead atoms. The standard InChI is InChI=1S/C18H15Cl2N3OS/c1-23-10-9-21-18(23)25-16-8-3-2-7-15(16)22-17(24)11-12-13(19)5-4-6-14(12)20/h2-10H,11H2,1H3,(H,22,24). The Labute approximate surface area is 160 Å². The van der Waals surface area contributed by atoms with Gasteiger partial charge in [0.05, 0.1) is 12.1 Å². The molecule has 1 aromatic heterocycles. The van der Waals surface area contributed by atoms with Crippen molar-refractivity contribution < 1.29 is 4.79 Å². The van der Waals surface area contributed by atoms with Crippen molar-refractivity contribution in [3.63, 3.8) is 0 Å². The first-order chi connectivity index (χ1) is 12.0. The number of carbonyl (C=O) groups is 1. The number of carbonyl (C=O) groups excluding carboxylic acids is 1. The van der Waals surface area contributed by atoms with Crippen molar-refractivity contribution in [3.8, 4) is 0 Å². The quantitative estimate of drug-likeness (QED) is 0.660. The topological polar surface area (TPSA) is 46.9 Å². The molecule has 0 aliphatic carbocycles. The van der Waals surface area contributed by atoms with E-state index in [9.17, 15) is 4.79 Å². The van der Waals surface area contributed by atoms with Crippen LogP contribution in [0, 0.1) is 0 Å². The zero-order chi connectivity index (χ0) is 17.8. The summed E-state index contributed by atoms with van der Waals surface area (Å²) in [6.45, 7) is 0. The van der Waals surface area contributed by atoms with Crippen LogP contribution >= 0.6 is 35.0 Å². The Bertz CT molecular complexity index is 891. The molecule has 0 aliphatic heterocycles. The minimum atomic E-state index is -0.178. The van der Waals surface area contributed by atoms with Crippen molar-refractivity contribution in [2.24, 2.45) is 7.05 Å². The normalized spacial score (nSPS) is 10.7. The van der Waals surface area contributed by atoms with Crippen LogP contribution in [-0.2, 0) is 18.3 Å². The fourth-order valence-electron chi connectivity index (χ4n) is 2.26. The summed E-state index contributed by atoms with van der Waals surface area (Å²) >= 11 is 13.8. The van der Waals surface area contributed by atoms with Crippen LogP contribution < -0.4 is 5.32 Å². The van der Waals surface area contributed by atoms with Gasteiger partial charge >= 0.3 is 0 Å². The second kappa shape index (κ2) is 7.95. The lowest BCUT2D eigenvalue weighted by Crippen LogP contribution is -2.15. The highest BCUT2D eigenvalue weighted by Crippen LogP contribution is 2.32. The molecule has 3 rings (SSSR count). The Balaban J connectivity index is 1.77. The summed E-state index contributed by atoms with van der Waals surface area (Å²) in [5, 5.41) is 4.74. The summed E-state index contributed by atoms with van der Waals surface area (Å²) in [6, 6.07) is 12.8. The molecule has 25 heavy (non-hydrogen) atoms. The summed E-state index contributed by atoms with van der Waals surface area (Å²) in [7, 11) is 1.93. The number of nitrogens with one attached hydrogen (secondary N) is 1. The van der Waals surface area contributed by atoms with Gasteiger partial charge in [0.1, 0.15) is 0 Å². The van der Waals surface area contributed by atoms with Gasteiger partial charge in [-0.15, -0.1) is 0 Å². The Morgan fingerprint density at radius 1 is 1.16 bits per heavy atom. The lowest BCUT2D eigenvalue weighted by molar-refractivity contribution is -0.115. The van der Waals surface area contributed by atoms with E-state index in [-0.39, 0.29) is 12.3 Å². The van der Waals surface area contributed by atoms with Gasteiger partial charge in [0.2, 0.25) is 5.91 Å². The van der Waals surface area contributed by atoms with Gasteiger partial charge in [-0.3, -0.25) is 4.79 Å². The fraction of sp³-hybridized carbons (Fsp3) is 0.111. The van der Waals surface area contributed by atoms with E-state index in [1.807, 2.05) is 42.1 Å². The van der Waals surface area contributed by atoms with Crippen LogP contribution in [0.25, 0.3) is 0 Å². The zero-order valence-electron chi connectivity index (χ0n) is 13.4. The van der Waals surface area contributed by atoms with Crippen LogP contribution in [0.1, 0.15) is 5.56 Å². The largest absolute Gasteiger partial charge is 0.329 e. The van der Waals surface area contributed by atoms with E-state index < -0.39 is 0 Å². The molecule has 3 aromatic rings. The van der Waals surface area contributed by atoms with Crippen molar-refractivity contribution >= 4 is 46.6 Å². The predicted molar refractivity (Wildman–Crippen MR) is 103 cm³/mol. The molecule has 1 N–H and O–H groups in total. The van der Waals surface area contributed by atoms with Crippen molar-refractivity contribution in [2.75, 3.05) is 5.32 Å². The van der Waals surface area contributed by atoms with Gasteiger partial charge in [0.25, 0.3) is 0 Å². The van der Waals surface area contributed by atoms with Crippen molar-refractivity contribution in [2.45, 2.75) is 16.5 Å². The second-order valence-electron chi connectivity index (χ2n) is 5.34. The first-order valence-electron chi connectivity index (χ1n) is 7.51. The lowest BCUT2D eigenvalue weighted by atomic mass is 10.1. The van der Waals surface area contributed by atoms with Crippen molar-refractivity contribution in [1.29, 1.82) is 0 Å². The molecule has 0 saturated carbocycles. The van der Waals surface area contributed by atoms with Crippen LogP contribution in [0.3, 0.4) is 0 Å². The number of hydrogen-bond donors (Lipinski definition) is 1. The smallest absolute Gasteiger partial charge is 0.228 e. The Hall–Kier alpha value is -1.95. The number of imidazole rings is 1. The van der Waals surface area contributed by atoms with Crippen LogP contribution in [0.4, 0.5) is 5.69 Å². The van der Waals surface area contributed by atoms with Gasteiger partial charge in [-0.1, -0.05) is 41.4 Å². The molecule has 0 atom stereocenters. The van der Waals surface area contributed by atoms with E-state index in [4.69, 9.17) is 23.2 Å². The number of rotatable bonds is 5. The second-order valence-corrected chi connectivity index (χ2v) is 7.17. The van der Waals surface area contributed by atoms with Gasteiger partial charge in [-0.05, 0) is 41.6 Å². The maximum Gasteiger partial charge on any atom is 0.228 e. The van der Waals surface area contributed by atoms with E-state index in [1.54, 1.807) is 24.4 Å².